The number of hydrogen-bond acceptors (Lipinski definition) is 4. The van der Waals surface area contributed by atoms with Gasteiger partial charge < -0.3 is 9.47 Å². The second kappa shape index (κ2) is 8.09. The molecule has 0 aromatic heterocycles. The van der Waals surface area contributed by atoms with Crippen molar-refractivity contribution in [3.8, 4) is 0 Å². The number of ether oxygens (including phenoxy) is 2. The highest BCUT2D eigenvalue weighted by molar-refractivity contribution is 4.82. The Morgan fingerprint density at radius 3 is 2.42 bits per heavy atom. The quantitative estimate of drug-likeness (QED) is 0.407. The number of hydrazine groups is 1. The molecule has 6 heteroatoms. The van der Waals surface area contributed by atoms with E-state index in [9.17, 15) is 8.78 Å². The van der Waals surface area contributed by atoms with Crippen LogP contribution >= 0.6 is 0 Å². The minimum atomic E-state index is -2.53. The van der Waals surface area contributed by atoms with E-state index < -0.39 is 12.2 Å². The van der Waals surface area contributed by atoms with Crippen molar-refractivity contribution in [1.82, 2.24) is 5.43 Å². The number of alkyl halides is 2. The predicted octanol–water partition coefficient (Wildman–Crippen LogP) is 2.43. The van der Waals surface area contributed by atoms with Gasteiger partial charge in [-0.2, -0.15) is 0 Å². The molecule has 0 aliphatic heterocycles. The van der Waals surface area contributed by atoms with Crippen LogP contribution in [-0.4, -0.2) is 31.5 Å². The van der Waals surface area contributed by atoms with E-state index in [4.69, 9.17) is 15.3 Å². The topological polar surface area (TPSA) is 56.5 Å². The third kappa shape index (κ3) is 5.69. The summed E-state index contributed by atoms with van der Waals surface area (Å²) in [6, 6.07) is -0.251. The smallest absolute Gasteiger partial charge is 0.248 e. The van der Waals surface area contributed by atoms with Crippen molar-refractivity contribution in [2.45, 2.75) is 64.2 Å². The summed E-state index contributed by atoms with van der Waals surface area (Å²) in [5.41, 5.74) is 2.65. The molecule has 1 saturated carbocycles. The fraction of sp³-hybridized carbons (Fsp3) is 1.00. The SMILES string of the molecule is CCOC(OCC)C(CC1CCCC(F)(F)C1)NN. The lowest BCUT2D eigenvalue weighted by Crippen LogP contribution is -2.48. The summed E-state index contributed by atoms with van der Waals surface area (Å²) in [5.74, 6) is 2.95. The lowest BCUT2D eigenvalue weighted by molar-refractivity contribution is -0.159. The van der Waals surface area contributed by atoms with E-state index in [1.54, 1.807) is 0 Å². The van der Waals surface area contributed by atoms with E-state index in [1.807, 2.05) is 13.8 Å². The first-order valence-electron chi connectivity index (χ1n) is 7.09. The largest absolute Gasteiger partial charge is 0.351 e. The van der Waals surface area contributed by atoms with E-state index in [1.165, 1.54) is 0 Å². The summed E-state index contributed by atoms with van der Waals surface area (Å²) in [5, 5.41) is 0. The van der Waals surface area contributed by atoms with Gasteiger partial charge in [0, 0.05) is 26.1 Å². The molecule has 1 fully saturated rings. The normalized spacial score (nSPS) is 24.6. The van der Waals surface area contributed by atoms with Crippen molar-refractivity contribution in [2.24, 2.45) is 11.8 Å². The van der Waals surface area contributed by atoms with Crippen molar-refractivity contribution in [2.75, 3.05) is 13.2 Å². The van der Waals surface area contributed by atoms with Crippen molar-refractivity contribution in [3.63, 3.8) is 0 Å². The Morgan fingerprint density at radius 1 is 1.32 bits per heavy atom. The Hall–Kier alpha value is -0.300. The molecule has 0 radical (unpaired) electrons. The van der Waals surface area contributed by atoms with Crippen LogP contribution in [0.25, 0.3) is 0 Å². The lowest BCUT2D eigenvalue weighted by atomic mass is 9.82. The van der Waals surface area contributed by atoms with Crippen LogP contribution < -0.4 is 11.3 Å². The van der Waals surface area contributed by atoms with Gasteiger partial charge in [0.2, 0.25) is 5.92 Å². The number of halogens is 2. The van der Waals surface area contributed by atoms with Gasteiger partial charge in [-0.1, -0.05) is 0 Å². The van der Waals surface area contributed by atoms with Crippen LogP contribution in [0.3, 0.4) is 0 Å². The molecule has 2 unspecified atom stereocenters. The van der Waals surface area contributed by atoms with E-state index in [2.05, 4.69) is 5.43 Å². The third-order valence-corrected chi connectivity index (χ3v) is 3.53. The van der Waals surface area contributed by atoms with Crippen LogP contribution in [0.4, 0.5) is 8.78 Å². The third-order valence-electron chi connectivity index (χ3n) is 3.53. The molecule has 3 N–H and O–H groups in total. The zero-order valence-electron chi connectivity index (χ0n) is 11.8. The van der Waals surface area contributed by atoms with Gasteiger partial charge in [-0.25, -0.2) is 8.78 Å². The van der Waals surface area contributed by atoms with Gasteiger partial charge in [0.05, 0.1) is 6.04 Å². The van der Waals surface area contributed by atoms with E-state index >= 15 is 0 Å². The summed E-state index contributed by atoms with van der Waals surface area (Å²) < 4.78 is 37.7. The first kappa shape index (κ1) is 16.8. The monoisotopic (exact) mass is 280 g/mol. The van der Waals surface area contributed by atoms with Gasteiger partial charge in [0.1, 0.15) is 0 Å². The Labute approximate surface area is 114 Å². The molecule has 0 aromatic carbocycles. The minimum Gasteiger partial charge on any atom is -0.351 e. The van der Waals surface area contributed by atoms with Gasteiger partial charge >= 0.3 is 0 Å². The molecule has 0 bridgehead atoms. The second-order valence-corrected chi connectivity index (χ2v) is 5.11. The average molecular weight is 280 g/mol. The summed E-state index contributed by atoms with van der Waals surface area (Å²) in [6.07, 6.45) is 1.41. The van der Waals surface area contributed by atoms with Gasteiger partial charge in [-0.3, -0.25) is 11.3 Å². The zero-order valence-corrected chi connectivity index (χ0v) is 11.8. The number of nitrogens with two attached hydrogens (primary N) is 1. The van der Waals surface area contributed by atoms with Crippen molar-refractivity contribution >= 4 is 0 Å². The number of rotatable bonds is 8. The zero-order chi connectivity index (χ0) is 14.3. The van der Waals surface area contributed by atoms with Crippen LogP contribution in [-0.2, 0) is 9.47 Å². The van der Waals surface area contributed by atoms with E-state index in [-0.39, 0.29) is 24.8 Å². The molecule has 4 nitrogen and oxygen atoms in total. The fourth-order valence-electron chi connectivity index (χ4n) is 2.70. The summed E-state index contributed by atoms with van der Waals surface area (Å²) >= 11 is 0. The standard InChI is InChI=1S/C13H26F2N2O2/c1-3-18-12(19-4-2)11(17-16)8-10-6-5-7-13(14,15)9-10/h10-12,17H,3-9,16H2,1-2H3. The first-order valence-corrected chi connectivity index (χ1v) is 7.09. The lowest BCUT2D eigenvalue weighted by Gasteiger charge is -2.33. The highest BCUT2D eigenvalue weighted by atomic mass is 19.3. The summed E-state index contributed by atoms with van der Waals surface area (Å²) in [6.45, 7) is 4.75. The van der Waals surface area contributed by atoms with E-state index in [0.29, 0.717) is 26.1 Å². The molecular weight excluding hydrogens is 254 g/mol. The Bertz CT molecular complexity index is 249. The first-order chi connectivity index (χ1) is 9.02. The molecular formula is C13H26F2N2O2. The molecule has 0 spiro atoms. The molecule has 0 amide bonds. The maximum absolute atomic E-state index is 13.4. The minimum absolute atomic E-state index is 0.00453. The van der Waals surface area contributed by atoms with Gasteiger partial charge in [0.25, 0.3) is 0 Å². The Morgan fingerprint density at radius 2 is 1.95 bits per heavy atom. The maximum atomic E-state index is 13.4. The van der Waals surface area contributed by atoms with Crippen molar-refractivity contribution in [1.29, 1.82) is 0 Å². The molecule has 0 saturated heterocycles. The number of hydrogen-bond donors (Lipinski definition) is 2. The molecule has 1 rings (SSSR count). The molecule has 114 valence electrons. The number of nitrogens with one attached hydrogen (secondary N) is 1. The van der Waals surface area contributed by atoms with E-state index in [0.717, 1.165) is 6.42 Å². The maximum Gasteiger partial charge on any atom is 0.248 e. The van der Waals surface area contributed by atoms with Crippen molar-refractivity contribution in [3.05, 3.63) is 0 Å². The van der Waals surface area contributed by atoms with Crippen LogP contribution in [0.1, 0.15) is 46.0 Å². The molecule has 1 aliphatic rings. The highest BCUT2D eigenvalue weighted by Crippen LogP contribution is 2.38. The molecule has 1 aliphatic carbocycles. The van der Waals surface area contributed by atoms with Crippen LogP contribution in [0.2, 0.25) is 0 Å². The average Bonchev–Trinajstić information content (AvgIpc) is 2.34. The molecule has 0 heterocycles. The van der Waals surface area contributed by atoms with Crippen LogP contribution in [0.5, 0.6) is 0 Å². The fourth-order valence-corrected chi connectivity index (χ4v) is 2.70. The Balaban J connectivity index is 2.53. The highest BCUT2D eigenvalue weighted by Gasteiger charge is 2.38. The van der Waals surface area contributed by atoms with Gasteiger partial charge in [-0.15, -0.1) is 0 Å². The Kier molecular flexibility index (Phi) is 7.13. The second-order valence-electron chi connectivity index (χ2n) is 5.11. The van der Waals surface area contributed by atoms with Gasteiger partial charge in [0.15, 0.2) is 6.29 Å². The predicted molar refractivity (Wildman–Crippen MR) is 69.7 cm³/mol. The summed E-state index contributed by atoms with van der Waals surface area (Å²) in [7, 11) is 0. The molecule has 19 heavy (non-hydrogen) atoms. The van der Waals surface area contributed by atoms with Gasteiger partial charge in [-0.05, 0) is 39.0 Å². The summed E-state index contributed by atoms with van der Waals surface area (Å²) in [4.78, 5) is 0. The molecule has 2 atom stereocenters. The van der Waals surface area contributed by atoms with Crippen LogP contribution in [0, 0.1) is 5.92 Å². The van der Waals surface area contributed by atoms with Crippen molar-refractivity contribution < 1.29 is 18.3 Å². The molecule has 0 aromatic rings. The van der Waals surface area contributed by atoms with Crippen LogP contribution in [0.15, 0.2) is 0 Å².